The second-order valence-electron chi connectivity index (χ2n) is 6.39. The number of carbonyl (C=O) groups is 2. The molecule has 0 spiro atoms. The first-order valence-corrected chi connectivity index (χ1v) is 9.90. The maximum absolute atomic E-state index is 13.2. The third kappa shape index (κ3) is 3.53. The lowest BCUT2D eigenvalue weighted by Gasteiger charge is -2.15. The Balaban J connectivity index is 1.82. The first-order chi connectivity index (χ1) is 14.4. The molecule has 3 heterocycles. The number of nitrogens with one attached hydrogen (secondary N) is 1. The lowest BCUT2D eigenvalue weighted by atomic mass is 10.0. The van der Waals surface area contributed by atoms with Crippen LogP contribution in [0.3, 0.4) is 0 Å². The van der Waals surface area contributed by atoms with E-state index < -0.39 is 11.8 Å². The molecule has 2 amide bonds. The van der Waals surface area contributed by atoms with E-state index in [0.717, 1.165) is 5.39 Å². The Labute approximate surface area is 184 Å². The van der Waals surface area contributed by atoms with E-state index in [1.165, 1.54) is 10.7 Å². The molecule has 0 radical (unpaired) electrons. The molecule has 0 unspecified atom stereocenters. The van der Waals surface area contributed by atoms with Crippen molar-refractivity contribution in [2.75, 3.05) is 5.32 Å². The van der Waals surface area contributed by atoms with Gasteiger partial charge in [0.15, 0.2) is 5.82 Å². The molecule has 0 saturated heterocycles. The molecule has 0 aliphatic rings. The van der Waals surface area contributed by atoms with Gasteiger partial charge >= 0.3 is 0 Å². The SMILES string of the molecule is Cc1c(NC(=O)c2cc(Br)nn2-c2ncccc2Cl)c(C(N)=O)cc2ncccc12. The summed E-state index contributed by atoms with van der Waals surface area (Å²) in [5.41, 5.74) is 7.48. The average molecular weight is 486 g/mol. The molecular formula is C20H14BrClN6O2. The van der Waals surface area contributed by atoms with E-state index in [0.29, 0.717) is 32.2 Å². The number of hydrogen-bond donors (Lipinski definition) is 2. The van der Waals surface area contributed by atoms with Crippen LogP contribution in [0.5, 0.6) is 0 Å². The summed E-state index contributed by atoms with van der Waals surface area (Å²) in [5, 5.41) is 8.17. The fourth-order valence-corrected chi connectivity index (χ4v) is 3.71. The maximum atomic E-state index is 13.2. The minimum atomic E-state index is -0.677. The maximum Gasteiger partial charge on any atom is 0.274 e. The summed E-state index contributed by atoms with van der Waals surface area (Å²) >= 11 is 9.50. The van der Waals surface area contributed by atoms with Crippen LogP contribution in [-0.4, -0.2) is 31.6 Å². The van der Waals surface area contributed by atoms with Crippen LogP contribution >= 0.6 is 27.5 Å². The normalized spacial score (nSPS) is 10.9. The zero-order valence-electron chi connectivity index (χ0n) is 15.6. The lowest BCUT2D eigenvalue weighted by molar-refractivity contribution is 0.100. The number of carbonyl (C=O) groups excluding carboxylic acids is 2. The van der Waals surface area contributed by atoms with E-state index in [-0.39, 0.29) is 11.3 Å². The van der Waals surface area contributed by atoms with Crippen LogP contribution in [0.25, 0.3) is 16.7 Å². The number of nitrogens with zero attached hydrogens (tertiary/aromatic N) is 4. The van der Waals surface area contributed by atoms with Gasteiger partial charge in [-0.05, 0) is 52.7 Å². The number of nitrogens with two attached hydrogens (primary N) is 1. The van der Waals surface area contributed by atoms with Crippen LogP contribution < -0.4 is 11.1 Å². The lowest BCUT2D eigenvalue weighted by Crippen LogP contribution is -2.22. The van der Waals surface area contributed by atoms with Crippen LogP contribution in [-0.2, 0) is 0 Å². The van der Waals surface area contributed by atoms with Crippen LogP contribution in [0.4, 0.5) is 5.69 Å². The van der Waals surface area contributed by atoms with Gasteiger partial charge in [-0.25, -0.2) is 9.67 Å². The molecule has 0 atom stereocenters. The summed E-state index contributed by atoms with van der Waals surface area (Å²) in [6.07, 6.45) is 3.17. The zero-order chi connectivity index (χ0) is 21.4. The summed E-state index contributed by atoms with van der Waals surface area (Å²) in [4.78, 5) is 33.7. The van der Waals surface area contributed by atoms with Gasteiger partial charge in [0.2, 0.25) is 0 Å². The predicted octanol–water partition coefficient (Wildman–Crippen LogP) is 3.89. The van der Waals surface area contributed by atoms with Crippen molar-refractivity contribution < 1.29 is 9.59 Å². The Morgan fingerprint density at radius 2 is 1.90 bits per heavy atom. The van der Waals surface area contributed by atoms with E-state index in [9.17, 15) is 9.59 Å². The molecule has 4 rings (SSSR count). The zero-order valence-corrected chi connectivity index (χ0v) is 17.9. The number of rotatable bonds is 4. The smallest absolute Gasteiger partial charge is 0.274 e. The topological polar surface area (TPSA) is 116 Å². The molecule has 8 nitrogen and oxygen atoms in total. The van der Waals surface area contributed by atoms with Crippen molar-refractivity contribution in [3.8, 4) is 5.82 Å². The van der Waals surface area contributed by atoms with Crippen molar-refractivity contribution >= 4 is 55.9 Å². The van der Waals surface area contributed by atoms with Gasteiger partial charge < -0.3 is 11.1 Å². The summed E-state index contributed by atoms with van der Waals surface area (Å²) in [6.45, 7) is 1.79. The Morgan fingerprint density at radius 1 is 1.17 bits per heavy atom. The number of pyridine rings is 2. The highest BCUT2D eigenvalue weighted by Crippen LogP contribution is 2.29. The third-order valence-electron chi connectivity index (χ3n) is 4.52. The number of halogens is 2. The molecule has 0 aliphatic heterocycles. The number of amides is 2. The van der Waals surface area contributed by atoms with Gasteiger partial charge in [-0.2, -0.15) is 5.10 Å². The van der Waals surface area contributed by atoms with Crippen LogP contribution in [0, 0.1) is 6.92 Å². The largest absolute Gasteiger partial charge is 0.366 e. The van der Waals surface area contributed by atoms with Crippen molar-refractivity contribution in [1.29, 1.82) is 0 Å². The predicted molar refractivity (Wildman–Crippen MR) is 117 cm³/mol. The first kappa shape index (κ1) is 20.0. The Bertz CT molecular complexity index is 1320. The Morgan fingerprint density at radius 3 is 2.63 bits per heavy atom. The van der Waals surface area contributed by atoms with Crippen LogP contribution in [0.15, 0.2) is 53.4 Å². The summed E-state index contributed by atoms with van der Waals surface area (Å²) in [7, 11) is 0. The third-order valence-corrected chi connectivity index (χ3v) is 5.21. The Hall–Kier alpha value is -3.30. The molecule has 0 fully saturated rings. The highest BCUT2D eigenvalue weighted by atomic mass is 79.9. The molecule has 0 saturated carbocycles. The van der Waals surface area contributed by atoms with Crippen molar-refractivity contribution in [3.63, 3.8) is 0 Å². The van der Waals surface area contributed by atoms with Crippen molar-refractivity contribution in [1.82, 2.24) is 19.7 Å². The number of aryl methyl sites for hydroxylation is 1. The van der Waals surface area contributed by atoms with E-state index in [2.05, 4.69) is 36.3 Å². The van der Waals surface area contributed by atoms with Gasteiger partial charge in [0.25, 0.3) is 11.8 Å². The highest BCUT2D eigenvalue weighted by molar-refractivity contribution is 9.10. The number of primary amides is 1. The molecule has 3 N–H and O–H groups in total. The summed E-state index contributed by atoms with van der Waals surface area (Å²) in [6, 6.07) is 10.0. The van der Waals surface area contributed by atoms with Gasteiger partial charge in [-0.1, -0.05) is 17.7 Å². The van der Waals surface area contributed by atoms with Crippen molar-refractivity contribution in [2.24, 2.45) is 5.73 Å². The number of fused-ring (bicyclic) bond motifs is 1. The molecule has 1 aromatic carbocycles. The molecule has 0 aliphatic carbocycles. The molecule has 10 heteroatoms. The van der Waals surface area contributed by atoms with E-state index >= 15 is 0 Å². The van der Waals surface area contributed by atoms with E-state index in [1.807, 2.05) is 6.07 Å². The van der Waals surface area contributed by atoms with Gasteiger partial charge in [0, 0.05) is 23.8 Å². The molecule has 3 aromatic heterocycles. The monoisotopic (exact) mass is 484 g/mol. The van der Waals surface area contributed by atoms with Gasteiger partial charge in [0.1, 0.15) is 10.3 Å². The van der Waals surface area contributed by atoms with Crippen molar-refractivity contribution in [3.05, 3.63) is 75.2 Å². The van der Waals surface area contributed by atoms with Crippen LogP contribution in [0.2, 0.25) is 5.02 Å². The Kier molecular flexibility index (Phi) is 5.23. The molecule has 4 aromatic rings. The molecular weight excluding hydrogens is 472 g/mol. The number of hydrogen-bond acceptors (Lipinski definition) is 5. The summed E-state index contributed by atoms with van der Waals surface area (Å²) in [5.74, 6) is -0.892. The molecule has 150 valence electrons. The fraction of sp³-hybridized carbons (Fsp3) is 0.0500. The van der Waals surface area contributed by atoms with Crippen molar-refractivity contribution in [2.45, 2.75) is 6.92 Å². The van der Waals surface area contributed by atoms with Crippen LogP contribution in [0.1, 0.15) is 26.4 Å². The van der Waals surface area contributed by atoms with Gasteiger partial charge in [0.05, 0.1) is 21.8 Å². The molecule has 30 heavy (non-hydrogen) atoms. The molecule has 0 bridgehead atoms. The second kappa shape index (κ2) is 7.85. The average Bonchev–Trinajstić information content (AvgIpc) is 3.11. The first-order valence-electron chi connectivity index (χ1n) is 8.72. The highest BCUT2D eigenvalue weighted by Gasteiger charge is 2.22. The fourth-order valence-electron chi connectivity index (χ4n) is 3.14. The standard InChI is InChI=1S/C20H14BrClN6O2/c1-10-11-4-2-6-24-14(11)8-12(18(23)29)17(10)26-20(30)15-9-16(21)27-28(15)19-13(22)5-3-7-25-19/h2-9H,1H3,(H2,23,29)(H,26,30). The van der Waals surface area contributed by atoms with Gasteiger partial charge in [-0.15, -0.1) is 0 Å². The number of anilines is 1. The minimum Gasteiger partial charge on any atom is -0.366 e. The minimum absolute atomic E-state index is 0.160. The quantitative estimate of drug-likeness (QED) is 0.455. The van der Waals surface area contributed by atoms with E-state index in [1.54, 1.807) is 43.6 Å². The summed E-state index contributed by atoms with van der Waals surface area (Å²) < 4.78 is 1.74. The van der Waals surface area contributed by atoms with Gasteiger partial charge in [-0.3, -0.25) is 14.6 Å². The number of aromatic nitrogens is 4. The van der Waals surface area contributed by atoms with E-state index in [4.69, 9.17) is 17.3 Å². The number of benzene rings is 1. The second-order valence-corrected chi connectivity index (χ2v) is 7.61.